The van der Waals surface area contributed by atoms with Gasteiger partial charge in [0.2, 0.25) is 5.91 Å². The van der Waals surface area contributed by atoms with E-state index in [1.807, 2.05) is 27.7 Å². The summed E-state index contributed by atoms with van der Waals surface area (Å²) in [6.07, 6.45) is 2.73. The Kier molecular flexibility index (Phi) is 8.05. The maximum Gasteiger partial charge on any atom is 0.261 e. The molecule has 1 saturated heterocycles. The molecule has 0 radical (unpaired) electrons. The van der Waals surface area contributed by atoms with E-state index in [1.54, 1.807) is 9.80 Å². The summed E-state index contributed by atoms with van der Waals surface area (Å²) in [4.78, 5) is 43.4. The van der Waals surface area contributed by atoms with E-state index in [9.17, 15) is 14.7 Å². The van der Waals surface area contributed by atoms with E-state index in [0.717, 1.165) is 0 Å². The first-order valence-electron chi connectivity index (χ1n) is 13.7. The maximum absolute atomic E-state index is 15.1. The van der Waals surface area contributed by atoms with Crippen molar-refractivity contribution in [1.29, 1.82) is 0 Å². The molecule has 0 spiro atoms. The van der Waals surface area contributed by atoms with Crippen LogP contribution in [0.15, 0.2) is 37.2 Å². The number of halogens is 2. The third kappa shape index (κ3) is 5.13. The number of nitrogens with zero attached hydrogens (tertiary/aromatic N) is 5. The number of rotatable bonds is 6. The Morgan fingerprint density at radius 2 is 1.88 bits per heavy atom. The minimum Gasteiger partial charge on any atom is -0.507 e. The predicted molar refractivity (Wildman–Crippen MR) is 157 cm³/mol. The van der Waals surface area contributed by atoms with Gasteiger partial charge >= 0.3 is 0 Å². The highest BCUT2D eigenvalue weighted by molar-refractivity contribution is 6.35. The van der Waals surface area contributed by atoms with Crippen molar-refractivity contribution in [2.45, 2.75) is 45.6 Å². The second-order valence-corrected chi connectivity index (χ2v) is 11.2. The van der Waals surface area contributed by atoms with Gasteiger partial charge in [-0.1, -0.05) is 51.9 Å². The molecule has 2 N–H and O–H groups in total. The van der Waals surface area contributed by atoms with Crippen LogP contribution in [0.5, 0.6) is 11.5 Å². The number of hydrogen-bond donors (Lipinski definition) is 2. The number of amides is 2. The summed E-state index contributed by atoms with van der Waals surface area (Å²) in [5.41, 5.74) is 1.69. The molecule has 2 aliphatic heterocycles. The van der Waals surface area contributed by atoms with Crippen molar-refractivity contribution >= 4 is 34.9 Å². The molecule has 220 valence electrons. The summed E-state index contributed by atoms with van der Waals surface area (Å²) >= 11 is 6.81. The average molecular weight is 595 g/mol. The molecule has 10 nitrogen and oxygen atoms in total. The molecule has 2 amide bonds. The van der Waals surface area contributed by atoms with Gasteiger partial charge in [0, 0.05) is 19.6 Å². The summed E-state index contributed by atoms with van der Waals surface area (Å²) in [6.45, 7) is 12.3. The van der Waals surface area contributed by atoms with Crippen LogP contribution in [0.2, 0.25) is 5.02 Å². The van der Waals surface area contributed by atoms with E-state index in [2.05, 4.69) is 26.8 Å². The lowest BCUT2D eigenvalue weighted by molar-refractivity contribution is -0.128. The van der Waals surface area contributed by atoms with Gasteiger partial charge in [-0.15, -0.1) is 0 Å². The fourth-order valence-corrected chi connectivity index (χ4v) is 5.62. The molecule has 0 unspecified atom stereocenters. The number of carbonyl (C=O) groups is 2. The number of aromatic hydroxyl groups is 1. The zero-order valence-corrected chi connectivity index (χ0v) is 24.6. The molecule has 2 aromatic heterocycles. The Hall–Kier alpha value is -4.25. The Morgan fingerprint density at radius 3 is 2.50 bits per heavy atom. The monoisotopic (exact) mass is 594 g/mol. The predicted octanol–water partition coefficient (Wildman–Crippen LogP) is 5.26. The molecule has 0 aliphatic carbocycles. The highest BCUT2D eigenvalue weighted by atomic mass is 35.5. The number of carbonyl (C=O) groups excluding carboxylic acids is 2. The molecule has 42 heavy (non-hydrogen) atoms. The minimum atomic E-state index is -0.750. The highest BCUT2D eigenvalue weighted by Crippen LogP contribution is 2.46. The van der Waals surface area contributed by atoms with Gasteiger partial charge in [-0.2, -0.15) is 0 Å². The summed E-state index contributed by atoms with van der Waals surface area (Å²) < 4.78 is 21.3. The Balaban J connectivity index is 1.73. The van der Waals surface area contributed by atoms with Gasteiger partial charge in [0.15, 0.2) is 5.75 Å². The van der Waals surface area contributed by atoms with E-state index < -0.39 is 17.8 Å². The molecule has 12 heteroatoms. The number of ether oxygens (including phenoxy) is 1. The van der Waals surface area contributed by atoms with Gasteiger partial charge in [-0.05, 0) is 30.0 Å². The van der Waals surface area contributed by atoms with E-state index in [-0.39, 0.29) is 76.6 Å². The zero-order chi connectivity index (χ0) is 30.3. The van der Waals surface area contributed by atoms with Crippen LogP contribution in [-0.4, -0.2) is 74.0 Å². The molecule has 4 heterocycles. The van der Waals surface area contributed by atoms with Crippen LogP contribution in [0.25, 0.3) is 11.3 Å². The lowest BCUT2D eigenvalue weighted by Gasteiger charge is -2.39. The van der Waals surface area contributed by atoms with Crippen molar-refractivity contribution in [1.82, 2.24) is 24.8 Å². The summed E-state index contributed by atoms with van der Waals surface area (Å²) in [7, 11) is 0. The fourth-order valence-electron chi connectivity index (χ4n) is 5.33. The van der Waals surface area contributed by atoms with Crippen LogP contribution in [0.3, 0.4) is 0 Å². The topological polar surface area (TPSA) is 121 Å². The smallest absolute Gasteiger partial charge is 0.261 e. The molecule has 1 fully saturated rings. The third-order valence-electron chi connectivity index (χ3n) is 7.43. The number of fused-ring (bicyclic) bond motifs is 2. The molecule has 0 saturated carbocycles. The van der Waals surface area contributed by atoms with Gasteiger partial charge in [-0.3, -0.25) is 9.59 Å². The number of benzene rings is 1. The van der Waals surface area contributed by atoms with Gasteiger partial charge in [-0.25, -0.2) is 19.3 Å². The molecule has 2 aliphatic rings. The normalized spacial score (nSPS) is 16.6. The number of aromatic nitrogens is 3. The second kappa shape index (κ2) is 11.6. The third-order valence-corrected chi connectivity index (χ3v) is 7.78. The highest BCUT2D eigenvalue weighted by Gasteiger charge is 2.40. The van der Waals surface area contributed by atoms with E-state index >= 15 is 4.39 Å². The lowest BCUT2D eigenvalue weighted by atomic mass is 10.0. The van der Waals surface area contributed by atoms with Gasteiger partial charge < -0.3 is 25.0 Å². The van der Waals surface area contributed by atoms with Crippen LogP contribution in [-0.2, 0) is 4.79 Å². The van der Waals surface area contributed by atoms with Gasteiger partial charge in [0.05, 0.1) is 28.7 Å². The number of hydrogen-bond acceptors (Lipinski definition) is 8. The molecule has 5 rings (SSSR count). The van der Waals surface area contributed by atoms with Gasteiger partial charge in [0.25, 0.3) is 5.91 Å². The average Bonchev–Trinajstić information content (AvgIpc) is 3.10. The SMILES string of the molecule is C=CC(=O)N1CCN2C(=O)c3c(Nc4c(C(C)C)ncnc4C(C)C)nc(-c4c(O)cccc4F)c(Cl)c3OC[C@H]2C1. The van der Waals surface area contributed by atoms with Crippen molar-refractivity contribution in [2.75, 3.05) is 31.6 Å². The second-order valence-electron chi connectivity index (χ2n) is 10.9. The maximum atomic E-state index is 15.1. The largest absolute Gasteiger partial charge is 0.507 e. The molecule has 1 atom stereocenters. The summed E-state index contributed by atoms with van der Waals surface area (Å²) in [6, 6.07) is 3.40. The van der Waals surface area contributed by atoms with E-state index in [1.165, 1.54) is 30.6 Å². The Bertz CT molecular complexity index is 1530. The fraction of sp³-hybridized carbons (Fsp3) is 0.367. The van der Waals surface area contributed by atoms with E-state index in [0.29, 0.717) is 23.6 Å². The van der Waals surface area contributed by atoms with Crippen LogP contribution in [0.4, 0.5) is 15.9 Å². The first-order chi connectivity index (χ1) is 20.0. The molecule has 3 aromatic rings. The summed E-state index contributed by atoms with van der Waals surface area (Å²) in [5, 5.41) is 13.8. The zero-order valence-electron chi connectivity index (χ0n) is 23.8. The number of anilines is 2. The summed E-state index contributed by atoms with van der Waals surface area (Å²) in [5.74, 6) is -1.74. The number of nitrogens with one attached hydrogen (secondary N) is 1. The standard InChI is InChI=1S/C30H32ClFN6O4/c1-6-20(40)37-10-11-38-17(12-37)13-42-28-22(30(38)41)29(35-26(23(28)31)21-18(32)8-7-9-19(21)39)36-27-24(15(2)3)33-14-34-25(27)16(4)5/h6-9,14-17,39H,1,10-13H2,2-5H3,(H,35,36)/t17-/m1/s1. The quantitative estimate of drug-likeness (QED) is 0.371. The lowest BCUT2D eigenvalue weighted by Crippen LogP contribution is -2.57. The molecule has 0 bridgehead atoms. The van der Waals surface area contributed by atoms with Crippen molar-refractivity contribution in [3.05, 3.63) is 65.0 Å². The van der Waals surface area contributed by atoms with Gasteiger partial charge in [0.1, 0.15) is 46.6 Å². The number of phenols is 1. The molecule has 1 aromatic carbocycles. The van der Waals surface area contributed by atoms with Crippen LogP contribution < -0.4 is 10.1 Å². The number of phenolic OH excluding ortho intramolecular Hbond substituents is 1. The van der Waals surface area contributed by atoms with Crippen LogP contribution in [0.1, 0.15) is 61.3 Å². The van der Waals surface area contributed by atoms with Crippen molar-refractivity contribution in [3.63, 3.8) is 0 Å². The number of pyridine rings is 1. The Morgan fingerprint density at radius 1 is 1.19 bits per heavy atom. The number of piperazine rings is 1. The van der Waals surface area contributed by atoms with Crippen LogP contribution in [0, 0.1) is 5.82 Å². The van der Waals surface area contributed by atoms with Crippen molar-refractivity contribution in [3.8, 4) is 22.8 Å². The van der Waals surface area contributed by atoms with Crippen molar-refractivity contribution in [2.24, 2.45) is 0 Å². The molecular weight excluding hydrogens is 563 g/mol. The molecular formula is C30H32ClFN6O4. The first-order valence-corrected chi connectivity index (χ1v) is 14.1. The minimum absolute atomic E-state index is 0.00172. The first kappa shape index (κ1) is 29.2. The Labute approximate surface area is 248 Å². The van der Waals surface area contributed by atoms with E-state index in [4.69, 9.17) is 16.3 Å². The van der Waals surface area contributed by atoms with Crippen LogP contribution >= 0.6 is 11.6 Å². The van der Waals surface area contributed by atoms with Crippen molar-refractivity contribution < 1.29 is 23.8 Å².